The summed E-state index contributed by atoms with van der Waals surface area (Å²) in [5.74, 6) is -0.467. The number of aromatic amines is 1. The second-order valence-corrected chi connectivity index (χ2v) is 8.50. The van der Waals surface area contributed by atoms with Crippen molar-refractivity contribution in [2.45, 2.75) is 0 Å². The molecule has 2 N–H and O–H groups in total. The molecule has 5 rings (SSSR count). The van der Waals surface area contributed by atoms with E-state index in [9.17, 15) is 9.59 Å². The number of hydrogen-bond donors (Lipinski definition) is 2. The number of hydrazine groups is 1. The van der Waals surface area contributed by atoms with Crippen molar-refractivity contribution in [1.82, 2.24) is 15.4 Å². The highest BCUT2D eigenvalue weighted by Gasteiger charge is 2.31. The number of thioether (sulfide) groups is 1. The summed E-state index contributed by atoms with van der Waals surface area (Å²) in [6.07, 6.45) is 0. The molecule has 1 aliphatic heterocycles. The van der Waals surface area contributed by atoms with E-state index in [1.54, 1.807) is 6.07 Å². The molecule has 1 fully saturated rings. The number of para-hydroxylation sites is 1. The highest BCUT2D eigenvalue weighted by atomic mass is 35.5. The standard InChI is InChI=1S/C24H17ClN4O2S/c25-16-11-12-19-18(13-16)21(15-7-3-1-4-8-15)22(27-19)23(31)28-29-20(30)14-32-24(29)26-17-9-5-2-6-10-17/h1-13,27H,14H2,(H,28,31). The van der Waals surface area contributed by atoms with Crippen LogP contribution in [0.5, 0.6) is 0 Å². The molecular weight excluding hydrogens is 444 g/mol. The SMILES string of the molecule is O=C(NN1C(=O)CSC1=Nc1ccccc1)c1[nH]c2ccc(Cl)cc2c1-c1ccccc1. The van der Waals surface area contributed by atoms with Crippen LogP contribution in [0, 0.1) is 0 Å². The summed E-state index contributed by atoms with van der Waals surface area (Å²) in [6.45, 7) is 0. The third-order valence-corrected chi connectivity index (χ3v) is 6.17. The predicted octanol–water partition coefficient (Wildman–Crippen LogP) is 5.40. The Hall–Kier alpha value is -3.55. The van der Waals surface area contributed by atoms with Crippen LogP contribution in [0.15, 0.2) is 83.9 Å². The molecule has 0 radical (unpaired) electrons. The van der Waals surface area contributed by atoms with E-state index in [-0.39, 0.29) is 11.7 Å². The van der Waals surface area contributed by atoms with E-state index in [1.165, 1.54) is 16.8 Å². The van der Waals surface area contributed by atoms with Gasteiger partial charge in [0.2, 0.25) is 0 Å². The molecule has 158 valence electrons. The van der Waals surface area contributed by atoms with Gasteiger partial charge in [-0.05, 0) is 35.9 Å². The lowest BCUT2D eigenvalue weighted by Gasteiger charge is -2.17. The number of fused-ring (bicyclic) bond motifs is 1. The molecular formula is C24H17ClN4O2S. The quantitative estimate of drug-likeness (QED) is 0.428. The largest absolute Gasteiger partial charge is 0.350 e. The first-order valence-corrected chi connectivity index (χ1v) is 11.2. The Morgan fingerprint density at radius 3 is 2.50 bits per heavy atom. The Morgan fingerprint density at radius 1 is 1.03 bits per heavy atom. The zero-order chi connectivity index (χ0) is 22.1. The van der Waals surface area contributed by atoms with Gasteiger partial charge in [0.25, 0.3) is 11.8 Å². The van der Waals surface area contributed by atoms with Gasteiger partial charge in [0.05, 0.1) is 11.4 Å². The minimum Gasteiger partial charge on any atom is -0.350 e. The van der Waals surface area contributed by atoms with Crippen LogP contribution in [0.2, 0.25) is 5.02 Å². The average molecular weight is 461 g/mol. The van der Waals surface area contributed by atoms with Gasteiger partial charge in [-0.3, -0.25) is 15.0 Å². The number of carbonyl (C=O) groups is 2. The normalized spacial score (nSPS) is 15.0. The van der Waals surface area contributed by atoms with Crippen LogP contribution in [0.25, 0.3) is 22.0 Å². The summed E-state index contributed by atoms with van der Waals surface area (Å²) in [7, 11) is 0. The summed E-state index contributed by atoms with van der Waals surface area (Å²) < 4.78 is 0. The van der Waals surface area contributed by atoms with Crippen LogP contribution >= 0.6 is 23.4 Å². The number of nitrogens with one attached hydrogen (secondary N) is 2. The van der Waals surface area contributed by atoms with Crippen molar-refractivity contribution in [2.75, 3.05) is 5.75 Å². The first-order chi connectivity index (χ1) is 15.6. The zero-order valence-electron chi connectivity index (χ0n) is 16.7. The number of amidine groups is 1. The first-order valence-electron chi connectivity index (χ1n) is 9.87. The van der Waals surface area contributed by atoms with Gasteiger partial charge in [-0.15, -0.1) is 0 Å². The molecule has 0 bridgehead atoms. The van der Waals surface area contributed by atoms with E-state index in [4.69, 9.17) is 11.6 Å². The molecule has 1 saturated heterocycles. The Morgan fingerprint density at radius 2 is 1.75 bits per heavy atom. The highest BCUT2D eigenvalue weighted by molar-refractivity contribution is 8.15. The summed E-state index contributed by atoms with van der Waals surface area (Å²) >= 11 is 7.52. The van der Waals surface area contributed by atoms with Gasteiger partial charge in [0, 0.05) is 21.5 Å². The van der Waals surface area contributed by atoms with Crippen LogP contribution in [-0.2, 0) is 4.79 Å². The number of carbonyl (C=O) groups excluding carboxylic acids is 2. The number of halogens is 1. The van der Waals surface area contributed by atoms with Crippen LogP contribution in [0.3, 0.4) is 0 Å². The number of benzene rings is 3. The topological polar surface area (TPSA) is 77.6 Å². The van der Waals surface area contributed by atoms with E-state index in [0.29, 0.717) is 21.6 Å². The van der Waals surface area contributed by atoms with E-state index >= 15 is 0 Å². The minimum absolute atomic E-state index is 0.208. The lowest BCUT2D eigenvalue weighted by molar-refractivity contribution is -0.125. The van der Waals surface area contributed by atoms with Crippen molar-refractivity contribution in [3.8, 4) is 11.1 Å². The number of amides is 2. The van der Waals surface area contributed by atoms with Crippen molar-refractivity contribution in [1.29, 1.82) is 0 Å². The summed E-state index contributed by atoms with van der Waals surface area (Å²) in [5.41, 5.74) is 6.14. The number of nitrogens with zero attached hydrogens (tertiary/aromatic N) is 2. The Labute approximate surface area is 193 Å². The van der Waals surface area contributed by atoms with Crippen molar-refractivity contribution < 1.29 is 9.59 Å². The molecule has 1 aliphatic rings. The lowest BCUT2D eigenvalue weighted by atomic mass is 10.0. The number of rotatable bonds is 4. The Balaban J connectivity index is 1.54. The maximum atomic E-state index is 13.4. The molecule has 2 amide bonds. The molecule has 4 aromatic rings. The van der Waals surface area contributed by atoms with Gasteiger partial charge >= 0.3 is 0 Å². The maximum absolute atomic E-state index is 13.4. The molecule has 3 aromatic carbocycles. The van der Waals surface area contributed by atoms with Crippen molar-refractivity contribution >= 4 is 56.9 Å². The molecule has 0 aliphatic carbocycles. The maximum Gasteiger partial charge on any atom is 0.287 e. The smallest absolute Gasteiger partial charge is 0.287 e. The second-order valence-electron chi connectivity index (χ2n) is 7.12. The monoisotopic (exact) mass is 460 g/mol. The first kappa shape index (κ1) is 20.4. The Bertz CT molecular complexity index is 1350. The van der Waals surface area contributed by atoms with Crippen molar-refractivity contribution in [3.63, 3.8) is 0 Å². The van der Waals surface area contributed by atoms with Crippen molar-refractivity contribution in [2.24, 2.45) is 4.99 Å². The molecule has 32 heavy (non-hydrogen) atoms. The van der Waals surface area contributed by atoms with E-state index < -0.39 is 5.91 Å². The second kappa shape index (κ2) is 8.53. The van der Waals surface area contributed by atoms with Crippen LogP contribution in [-0.4, -0.2) is 32.7 Å². The molecule has 6 nitrogen and oxygen atoms in total. The fourth-order valence-electron chi connectivity index (χ4n) is 3.56. The van der Waals surface area contributed by atoms with Gasteiger partial charge in [-0.25, -0.2) is 4.99 Å². The Kier molecular flexibility index (Phi) is 5.43. The number of aromatic nitrogens is 1. The zero-order valence-corrected chi connectivity index (χ0v) is 18.3. The van der Waals surface area contributed by atoms with E-state index in [2.05, 4.69) is 15.4 Å². The number of hydrogen-bond acceptors (Lipinski definition) is 4. The van der Waals surface area contributed by atoms with E-state index in [1.807, 2.05) is 72.8 Å². The molecule has 0 saturated carbocycles. The third kappa shape index (κ3) is 3.88. The van der Waals surface area contributed by atoms with Gasteiger partial charge in [0.1, 0.15) is 5.69 Å². The average Bonchev–Trinajstić information content (AvgIpc) is 3.35. The molecule has 8 heteroatoms. The fourth-order valence-corrected chi connectivity index (χ4v) is 4.56. The van der Waals surface area contributed by atoms with Gasteiger partial charge < -0.3 is 4.98 Å². The lowest BCUT2D eigenvalue weighted by Crippen LogP contribution is -2.45. The van der Waals surface area contributed by atoms with E-state index in [0.717, 1.165) is 22.0 Å². The number of H-pyrrole nitrogens is 1. The van der Waals surface area contributed by atoms with Gasteiger partial charge in [0.15, 0.2) is 5.17 Å². The third-order valence-electron chi connectivity index (χ3n) is 5.01. The number of aliphatic imine (C=N–C) groups is 1. The predicted molar refractivity (Wildman–Crippen MR) is 129 cm³/mol. The summed E-state index contributed by atoms with van der Waals surface area (Å²) in [4.78, 5) is 33.6. The fraction of sp³-hybridized carbons (Fsp3) is 0.0417. The summed E-state index contributed by atoms with van der Waals surface area (Å²) in [6, 6.07) is 24.3. The highest BCUT2D eigenvalue weighted by Crippen LogP contribution is 2.34. The molecule has 0 atom stereocenters. The molecule has 2 heterocycles. The van der Waals surface area contributed by atoms with Crippen molar-refractivity contribution in [3.05, 3.63) is 89.6 Å². The van der Waals surface area contributed by atoms with Crippen LogP contribution in [0.1, 0.15) is 10.5 Å². The minimum atomic E-state index is -0.437. The van der Waals surface area contributed by atoms with Crippen LogP contribution in [0.4, 0.5) is 5.69 Å². The molecule has 0 unspecified atom stereocenters. The summed E-state index contributed by atoms with van der Waals surface area (Å²) in [5, 5.41) is 3.04. The van der Waals surface area contributed by atoms with Gasteiger partial charge in [-0.1, -0.05) is 71.9 Å². The molecule has 1 aromatic heterocycles. The van der Waals surface area contributed by atoms with Crippen LogP contribution < -0.4 is 5.43 Å². The molecule has 0 spiro atoms. The van der Waals surface area contributed by atoms with Gasteiger partial charge in [-0.2, -0.15) is 5.01 Å².